The van der Waals surface area contributed by atoms with Gasteiger partial charge in [-0.3, -0.25) is 14.5 Å². The fraction of sp³-hybridized carbons (Fsp3) is 0.222. The number of hydrogen-bond acceptors (Lipinski definition) is 4. The van der Waals surface area contributed by atoms with Crippen LogP contribution < -0.4 is 15.0 Å². The van der Waals surface area contributed by atoms with Gasteiger partial charge in [-0.1, -0.05) is 18.2 Å². The highest BCUT2D eigenvalue weighted by molar-refractivity contribution is 8.02. The first-order valence-corrected chi connectivity index (χ1v) is 8.76. The number of fused-ring (bicyclic) bond motifs is 2. The minimum atomic E-state index is -1.03. The second-order valence-corrected chi connectivity index (χ2v) is 6.76. The van der Waals surface area contributed by atoms with Crippen molar-refractivity contribution in [2.75, 3.05) is 22.6 Å². The summed E-state index contributed by atoms with van der Waals surface area (Å²) in [5.41, 5.74) is 2.29. The summed E-state index contributed by atoms with van der Waals surface area (Å²) in [6.07, 6.45) is 0. The van der Waals surface area contributed by atoms with Crippen molar-refractivity contribution in [1.82, 2.24) is 0 Å². The van der Waals surface area contributed by atoms with E-state index in [2.05, 4.69) is 5.32 Å². The molecule has 4 rings (SSSR count). The number of benzene rings is 2. The van der Waals surface area contributed by atoms with Gasteiger partial charge in [-0.25, -0.2) is 0 Å². The van der Waals surface area contributed by atoms with E-state index < -0.39 is 4.87 Å². The van der Waals surface area contributed by atoms with Crippen LogP contribution in [0.5, 0.6) is 5.75 Å². The van der Waals surface area contributed by atoms with Crippen molar-refractivity contribution in [1.29, 1.82) is 0 Å². The van der Waals surface area contributed by atoms with Crippen LogP contribution in [0.15, 0.2) is 48.5 Å². The first kappa shape index (κ1) is 15.1. The van der Waals surface area contributed by atoms with Crippen molar-refractivity contribution in [2.45, 2.75) is 11.8 Å². The Morgan fingerprint density at radius 3 is 2.67 bits per heavy atom. The summed E-state index contributed by atoms with van der Waals surface area (Å²) in [6, 6.07) is 14.8. The van der Waals surface area contributed by atoms with E-state index in [-0.39, 0.29) is 17.6 Å². The molecule has 2 aliphatic heterocycles. The third-order valence-corrected chi connectivity index (χ3v) is 5.62. The number of carbonyl (C=O) groups excluding carboxylic acids is 2. The summed E-state index contributed by atoms with van der Waals surface area (Å²) in [6.45, 7) is 2.50. The maximum absolute atomic E-state index is 12.8. The number of para-hydroxylation sites is 1. The fourth-order valence-electron chi connectivity index (χ4n) is 3.24. The highest BCUT2D eigenvalue weighted by Gasteiger charge is 2.58. The number of thioether (sulfide) groups is 1. The molecule has 0 saturated carbocycles. The Labute approximate surface area is 144 Å². The van der Waals surface area contributed by atoms with Gasteiger partial charge in [0.15, 0.2) is 0 Å². The predicted molar refractivity (Wildman–Crippen MR) is 94.3 cm³/mol. The van der Waals surface area contributed by atoms with Crippen molar-refractivity contribution in [3.8, 4) is 5.75 Å². The second-order valence-electron chi connectivity index (χ2n) is 5.59. The second kappa shape index (κ2) is 5.56. The number of amides is 2. The van der Waals surface area contributed by atoms with Gasteiger partial charge < -0.3 is 10.1 Å². The lowest BCUT2D eigenvalue weighted by atomic mass is 10.0. The SMILES string of the molecule is CCOc1ccc(N2C(=O)CS[C@@]23C(=O)Nc2ccccc23)cc1. The van der Waals surface area contributed by atoms with Crippen LogP contribution in [0.25, 0.3) is 0 Å². The summed E-state index contributed by atoms with van der Waals surface area (Å²) in [5, 5.41) is 2.90. The number of nitrogens with zero attached hydrogens (tertiary/aromatic N) is 1. The predicted octanol–water partition coefficient (Wildman–Crippen LogP) is 2.97. The molecule has 0 aliphatic carbocycles. The van der Waals surface area contributed by atoms with E-state index in [0.29, 0.717) is 12.3 Å². The lowest BCUT2D eigenvalue weighted by molar-refractivity contribution is -0.122. The molecule has 1 fully saturated rings. The number of rotatable bonds is 3. The molecule has 2 amide bonds. The monoisotopic (exact) mass is 340 g/mol. The molecule has 1 saturated heterocycles. The molecule has 6 heteroatoms. The van der Waals surface area contributed by atoms with Crippen LogP contribution >= 0.6 is 11.8 Å². The van der Waals surface area contributed by atoms with E-state index in [1.807, 2.05) is 55.5 Å². The molecule has 24 heavy (non-hydrogen) atoms. The van der Waals surface area contributed by atoms with Gasteiger partial charge in [-0.05, 0) is 37.3 Å². The molecule has 2 aromatic rings. The summed E-state index contributed by atoms with van der Waals surface area (Å²) in [4.78, 5) is 26.0. The smallest absolute Gasteiger partial charge is 0.266 e. The number of nitrogens with one attached hydrogen (secondary N) is 1. The van der Waals surface area contributed by atoms with E-state index >= 15 is 0 Å². The third kappa shape index (κ3) is 2.03. The largest absolute Gasteiger partial charge is 0.494 e. The van der Waals surface area contributed by atoms with Gasteiger partial charge in [0, 0.05) is 16.9 Å². The van der Waals surface area contributed by atoms with Gasteiger partial charge >= 0.3 is 0 Å². The normalized spacial score (nSPS) is 22.0. The van der Waals surface area contributed by atoms with Crippen LogP contribution in [0.2, 0.25) is 0 Å². The van der Waals surface area contributed by atoms with Gasteiger partial charge in [-0.2, -0.15) is 0 Å². The Morgan fingerprint density at radius 1 is 1.17 bits per heavy atom. The molecule has 0 bridgehead atoms. The molecule has 5 nitrogen and oxygen atoms in total. The standard InChI is InChI=1S/C18H16N2O3S/c1-2-23-13-9-7-12(8-10-13)20-16(21)11-24-18(20)14-5-3-4-6-15(14)19-17(18)22/h3-10H,2,11H2,1H3,(H,19,22)/t18-/m0/s1. The average Bonchev–Trinajstić information content (AvgIpc) is 3.08. The molecule has 2 aliphatic rings. The maximum atomic E-state index is 12.8. The molecule has 0 aromatic heterocycles. The van der Waals surface area contributed by atoms with Crippen LogP contribution in [-0.4, -0.2) is 24.2 Å². The van der Waals surface area contributed by atoms with Crippen LogP contribution in [0.3, 0.4) is 0 Å². The minimum Gasteiger partial charge on any atom is -0.494 e. The summed E-state index contributed by atoms with van der Waals surface area (Å²) >= 11 is 1.36. The van der Waals surface area contributed by atoms with Crippen LogP contribution in [0.1, 0.15) is 12.5 Å². The van der Waals surface area contributed by atoms with Crippen molar-refractivity contribution < 1.29 is 14.3 Å². The number of anilines is 2. The summed E-state index contributed by atoms with van der Waals surface area (Å²) < 4.78 is 5.46. The zero-order valence-electron chi connectivity index (χ0n) is 13.1. The van der Waals surface area contributed by atoms with Crippen molar-refractivity contribution in [3.63, 3.8) is 0 Å². The third-order valence-electron chi connectivity index (χ3n) is 4.22. The molecule has 2 aromatic carbocycles. The topological polar surface area (TPSA) is 58.6 Å². The summed E-state index contributed by atoms with van der Waals surface area (Å²) in [5.74, 6) is 0.768. The Morgan fingerprint density at radius 2 is 1.92 bits per heavy atom. The molecular weight excluding hydrogens is 324 g/mol. The summed E-state index contributed by atoms with van der Waals surface area (Å²) in [7, 11) is 0. The fourth-order valence-corrected chi connectivity index (χ4v) is 4.55. The molecule has 1 atom stereocenters. The molecule has 1 N–H and O–H groups in total. The van der Waals surface area contributed by atoms with Crippen LogP contribution in [-0.2, 0) is 14.5 Å². The van der Waals surface area contributed by atoms with Gasteiger partial charge in [0.2, 0.25) is 10.8 Å². The van der Waals surface area contributed by atoms with Gasteiger partial charge in [0.25, 0.3) is 5.91 Å². The van der Waals surface area contributed by atoms with Gasteiger partial charge in [-0.15, -0.1) is 11.8 Å². The first-order valence-electron chi connectivity index (χ1n) is 7.77. The zero-order chi connectivity index (χ0) is 16.7. The molecule has 122 valence electrons. The molecule has 0 radical (unpaired) electrons. The average molecular weight is 340 g/mol. The first-order chi connectivity index (χ1) is 11.7. The molecule has 0 unspecified atom stereocenters. The Bertz CT molecular complexity index is 821. The van der Waals surface area contributed by atoms with E-state index in [1.54, 1.807) is 4.90 Å². The minimum absolute atomic E-state index is 0.0731. The Kier molecular flexibility index (Phi) is 3.49. The van der Waals surface area contributed by atoms with E-state index in [4.69, 9.17) is 4.74 Å². The van der Waals surface area contributed by atoms with E-state index in [9.17, 15) is 9.59 Å². The molecular formula is C18H16N2O3S. The number of hydrogen-bond donors (Lipinski definition) is 1. The number of ether oxygens (including phenoxy) is 1. The van der Waals surface area contributed by atoms with Crippen LogP contribution in [0, 0.1) is 0 Å². The molecule has 1 spiro atoms. The van der Waals surface area contributed by atoms with Crippen molar-refractivity contribution in [2.24, 2.45) is 0 Å². The van der Waals surface area contributed by atoms with Gasteiger partial charge in [0.1, 0.15) is 5.75 Å². The maximum Gasteiger partial charge on any atom is 0.266 e. The van der Waals surface area contributed by atoms with Crippen molar-refractivity contribution in [3.05, 3.63) is 54.1 Å². The van der Waals surface area contributed by atoms with Gasteiger partial charge in [0.05, 0.1) is 12.4 Å². The van der Waals surface area contributed by atoms with Crippen molar-refractivity contribution >= 4 is 35.0 Å². The Hall–Kier alpha value is -2.47. The number of carbonyl (C=O) groups is 2. The van der Waals surface area contributed by atoms with E-state index in [0.717, 1.165) is 17.0 Å². The zero-order valence-corrected chi connectivity index (χ0v) is 13.9. The molecule has 2 heterocycles. The van der Waals surface area contributed by atoms with E-state index in [1.165, 1.54) is 11.8 Å². The highest BCUT2D eigenvalue weighted by atomic mass is 32.2. The van der Waals surface area contributed by atoms with Crippen LogP contribution in [0.4, 0.5) is 11.4 Å². The lowest BCUT2D eigenvalue weighted by Crippen LogP contribution is -2.47. The highest BCUT2D eigenvalue weighted by Crippen LogP contribution is 2.53. The quantitative estimate of drug-likeness (QED) is 0.933. The Balaban J connectivity index is 1.81. The lowest BCUT2D eigenvalue weighted by Gasteiger charge is -2.32.